The Bertz CT molecular complexity index is 1350. The van der Waals surface area contributed by atoms with E-state index in [-0.39, 0.29) is 22.8 Å². The lowest BCUT2D eigenvalue weighted by molar-refractivity contribution is -0.122. The van der Waals surface area contributed by atoms with Gasteiger partial charge in [-0.25, -0.2) is 9.69 Å². The predicted molar refractivity (Wildman–Crippen MR) is 135 cm³/mol. The molecule has 1 aliphatic rings. The van der Waals surface area contributed by atoms with Crippen molar-refractivity contribution in [3.8, 4) is 17.2 Å². The summed E-state index contributed by atoms with van der Waals surface area (Å²) in [6.07, 6.45) is 3.31. The van der Waals surface area contributed by atoms with Crippen LogP contribution in [0.5, 0.6) is 17.2 Å². The number of anilines is 1. The fourth-order valence-electron chi connectivity index (χ4n) is 3.73. The van der Waals surface area contributed by atoms with E-state index in [0.717, 1.165) is 10.5 Å². The molecular weight excluding hydrogens is 460 g/mol. The van der Waals surface area contributed by atoms with E-state index in [1.165, 1.54) is 19.3 Å². The molecule has 1 heterocycles. The Morgan fingerprint density at radius 2 is 1.75 bits per heavy atom. The molecule has 0 aromatic heterocycles. The number of phenols is 1. The molecule has 4 amide bonds. The lowest BCUT2D eigenvalue weighted by Crippen LogP contribution is -2.54. The fourth-order valence-corrected chi connectivity index (χ4v) is 3.73. The van der Waals surface area contributed by atoms with Crippen molar-refractivity contribution >= 4 is 29.6 Å². The van der Waals surface area contributed by atoms with Crippen molar-refractivity contribution in [3.05, 3.63) is 102 Å². The average Bonchev–Trinajstić information content (AvgIpc) is 2.88. The number of aromatic hydroxyl groups is 1. The van der Waals surface area contributed by atoms with Crippen molar-refractivity contribution in [3.63, 3.8) is 0 Å². The summed E-state index contributed by atoms with van der Waals surface area (Å²) in [7, 11) is 1.40. The van der Waals surface area contributed by atoms with Crippen LogP contribution in [-0.2, 0) is 22.6 Å². The van der Waals surface area contributed by atoms with Crippen LogP contribution in [0.3, 0.4) is 0 Å². The van der Waals surface area contributed by atoms with Gasteiger partial charge in [-0.15, -0.1) is 6.58 Å². The molecule has 2 N–H and O–H groups in total. The summed E-state index contributed by atoms with van der Waals surface area (Å²) in [6, 6.07) is 18.3. The summed E-state index contributed by atoms with van der Waals surface area (Å²) in [4.78, 5) is 39.2. The number of benzene rings is 3. The Morgan fingerprint density at radius 3 is 2.42 bits per heavy atom. The molecule has 3 aromatic rings. The van der Waals surface area contributed by atoms with Gasteiger partial charge in [0.15, 0.2) is 11.5 Å². The molecule has 182 valence electrons. The number of rotatable bonds is 8. The molecule has 36 heavy (non-hydrogen) atoms. The van der Waals surface area contributed by atoms with Gasteiger partial charge in [0.25, 0.3) is 11.8 Å². The van der Waals surface area contributed by atoms with Crippen LogP contribution in [0, 0.1) is 0 Å². The first kappa shape index (κ1) is 24.3. The van der Waals surface area contributed by atoms with E-state index in [1.807, 2.05) is 30.3 Å². The number of methoxy groups -OCH3 is 1. The van der Waals surface area contributed by atoms with E-state index in [0.29, 0.717) is 29.9 Å². The smallest absolute Gasteiger partial charge is 0.335 e. The molecule has 1 saturated heterocycles. The van der Waals surface area contributed by atoms with Crippen molar-refractivity contribution in [2.45, 2.75) is 13.0 Å². The highest BCUT2D eigenvalue weighted by molar-refractivity contribution is 6.39. The van der Waals surface area contributed by atoms with Gasteiger partial charge in [0.2, 0.25) is 0 Å². The highest BCUT2D eigenvalue weighted by atomic mass is 16.5. The van der Waals surface area contributed by atoms with E-state index >= 15 is 0 Å². The summed E-state index contributed by atoms with van der Waals surface area (Å²) in [5.41, 5.74) is 2.00. The molecule has 1 fully saturated rings. The maximum Gasteiger partial charge on any atom is 0.335 e. The van der Waals surface area contributed by atoms with Crippen molar-refractivity contribution < 1.29 is 29.0 Å². The first-order valence-corrected chi connectivity index (χ1v) is 11.1. The number of allylic oxidation sites excluding steroid dienone is 1. The summed E-state index contributed by atoms with van der Waals surface area (Å²) in [5, 5.41) is 12.5. The third-order valence-corrected chi connectivity index (χ3v) is 5.52. The van der Waals surface area contributed by atoms with Crippen LogP contribution in [0.15, 0.2) is 85.0 Å². The third-order valence-electron chi connectivity index (χ3n) is 5.52. The molecule has 0 aliphatic carbocycles. The molecule has 8 heteroatoms. The second kappa shape index (κ2) is 10.6. The highest BCUT2D eigenvalue weighted by Crippen LogP contribution is 2.33. The summed E-state index contributed by atoms with van der Waals surface area (Å²) >= 11 is 0. The van der Waals surface area contributed by atoms with Gasteiger partial charge < -0.3 is 14.6 Å². The van der Waals surface area contributed by atoms with Gasteiger partial charge in [-0.05, 0) is 60.0 Å². The highest BCUT2D eigenvalue weighted by Gasteiger charge is 2.36. The number of hydrogen-bond acceptors (Lipinski definition) is 6. The number of amides is 4. The van der Waals surface area contributed by atoms with Crippen LogP contribution in [0.2, 0.25) is 0 Å². The zero-order chi connectivity index (χ0) is 25.7. The first-order chi connectivity index (χ1) is 17.4. The van der Waals surface area contributed by atoms with E-state index < -0.39 is 17.8 Å². The van der Waals surface area contributed by atoms with E-state index in [2.05, 4.69) is 11.9 Å². The van der Waals surface area contributed by atoms with Crippen LogP contribution in [0.25, 0.3) is 6.08 Å². The number of imide groups is 2. The molecule has 0 unspecified atom stereocenters. The Hall–Kier alpha value is -4.85. The number of barbiturate groups is 1. The lowest BCUT2D eigenvalue weighted by atomic mass is 10.0. The normalized spacial score (nSPS) is 14.5. The zero-order valence-electron chi connectivity index (χ0n) is 19.6. The summed E-state index contributed by atoms with van der Waals surface area (Å²) in [6.45, 7) is 4.04. The van der Waals surface area contributed by atoms with Crippen LogP contribution >= 0.6 is 0 Å². The number of urea groups is 1. The molecule has 0 bridgehead atoms. The predicted octanol–water partition coefficient (Wildman–Crippen LogP) is 4.37. The van der Waals surface area contributed by atoms with Gasteiger partial charge in [-0.2, -0.15) is 0 Å². The minimum Gasteiger partial charge on any atom is -0.504 e. The van der Waals surface area contributed by atoms with Gasteiger partial charge in [0, 0.05) is 5.56 Å². The maximum atomic E-state index is 13.2. The summed E-state index contributed by atoms with van der Waals surface area (Å²) < 4.78 is 11.0. The number of ether oxygens (including phenoxy) is 2. The van der Waals surface area contributed by atoms with E-state index in [1.54, 1.807) is 36.4 Å². The van der Waals surface area contributed by atoms with Gasteiger partial charge in [-0.3, -0.25) is 14.9 Å². The Labute approximate surface area is 208 Å². The van der Waals surface area contributed by atoms with Crippen LogP contribution in [-0.4, -0.2) is 30.1 Å². The van der Waals surface area contributed by atoms with Crippen molar-refractivity contribution in [2.75, 3.05) is 12.0 Å². The molecule has 0 atom stereocenters. The number of nitrogens with one attached hydrogen (secondary N) is 1. The van der Waals surface area contributed by atoms with E-state index in [9.17, 15) is 19.5 Å². The first-order valence-electron chi connectivity index (χ1n) is 11.1. The van der Waals surface area contributed by atoms with Crippen molar-refractivity contribution in [1.29, 1.82) is 0 Å². The molecule has 0 saturated carbocycles. The minimum atomic E-state index is -0.851. The molecule has 3 aromatic carbocycles. The molecule has 1 aliphatic heterocycles. The van der Waals surface area contributed by atoms with Crippen LogP contribution in [0.4, 0.5) is 10.5 Å². The second-order valence-electron chi connectivity index (χ2n) is 7.95. The topological polar surface area (TPSA) is 105 Å². The fraction of sp³-hybridized carbons (Fsp3) is 0.107. The molecule has 0 spiro atoms. The van der Waals surface area contributed by atoms with Gasteiger partial charge in [-0.1, -0.05) is 36.4 Å². The van der Waals surface area contributed by atoms with Crippen molar-refractivity contribution in [1.82, 2.24) is 5.32 Å². The van der Waals surface area contributed by atoms with Crippen molar-refractivity contribution in [2.24, 2.45) is 0 Å². The average molecular weight is 485 g/mol. The Balaban J connectivity index is 1.59. The number of carbonyl (C=O) groups excluding carboxylic acids is 3. The molecule has 0 radical (unpaired) electrons. The van der Waals surface area contributed by atoms with E-state index in [4.69, 9.17) is 9.47 Å². The molecule has 8 nitrogen and oxygen atoms in total. The zero-order valence-corrected chi connectivity index (χ0v) is 19.6. The lowest BCUT2D eigenvalue weighted by Gasteiger charge is -2.26. The van der Waals surface area contributed by atoms with Gasteiger partial charge in [0.1, 0.15) is 17.9 Å². The standard InChI is InChI=1S/C28H24N2O6/c1-3-7-20-14-19(16-24(35-2)25(20)31)15-23-26(32)29-28(34)30(27(23)33)21-10-12-22(13-11-21)36-17-18-8-5-4-6-9-18/h3-6,8-16,31H,1,7,17H2,2H3,(H,29,32,34)/b23-15+. The Kier molecular flexibility index (Phi) is 7.15. The second-order valence-corrected chi connectivity index (χ2v) is 7.95. The quantitative estimate of drug-likeness (QED) is 0.279. The number of phenolic OH excluding ortho intramolecular Hbond substituents is 1. The maximum absolute atomic E-state index is 13.2. The minimum absolute atomic E-state index is 0.0506. The summed E-state index contributed by atoms with van der Waals surface area (Å²) in [5.74, 6) is -0.903. The largest absolute Gasteiger partial charge is 0.504 e. The number of hydrogen-bond donors (Lipinski definition) is 2. The Morgan fingerprint density at radius 1 is 1.03 bits per heavy atom. The van der Waals surface area contributed by atoms with Crippen LogP contribution < -0.4 is 19.7 Å². The SMILES string of the molecule is C=CCc1cc(/C=C2\C(=O)NC(=O)N(c3ccc(OCc4ccccc4)cc3)C2=O)cc(OC)c1O. The third kappa shape index (κ3) is 5.12. The van der Waals surface area contributed by atoms with Crippen LogP contribution in [0.1, 0.15) is 16.7 Å². The van der Waals surface area contributed by atoms with Gasteiger partial charge >= 0.3 is 6.03 Å². The number of carbonyl (C=O) groups is 3. The van der Waals surface area contributed by atoms with Gasteiger partial charge in [0.05, 0.1) is 12.8 Å². The number of nitrogens with zero attached hydrogens (tertiary/aromatic N) is 1. The monoisotopic (exact) mass is 484 g/mol. The molecular formula is C28H24N2O6. The molecule has 4 rings (SSSR count).